The third kappa shape index (κ3) is 3.18. The minimum absolute atomic E-state index is 0.310. The van der Waals surface area contributed by atoms with Crippen LogP contribution < -0.4 is 10.9 Å². The molecule has 0 unspecified atom stereocenters. The number of benzene rings is 1. The summed E-state index contributed by atoms with van der Waals surface area (Å²) in [5.41, 5.74) is 8.51. The van der Waals surface area contributed by atoms with E-state index in [1.54, 1.807) is 23.1 Å². The van der Waals surface area contributed by atoms with Crippen LogP contribution in [-0.2, 0) is 0 Å². The van der Waals surface area contributed by atoms with E-state index >= 15 is 0 Å². The summed E-state index contributed by atoms with van der Waals surface area (Å²) in [7, 11) is 0. The van der Waals surface area contributed by atoms with Gasteiger partial charge in [-0.15, -0.1) is 5.10 Å². The van der Waals surface area contributed by atoms with Gasteiger partial charge in [0.2, 0.25) is 5.95 Å². The molecule has 0 saturated heterocycles. The van der Waals surface area contributed by atoms with Crippen LogP contribution >= 0.6 is 0 Å². The summed E-state index contributed by atoms with van der Waals surface area (Å²) in [6.07, 6.45) is 5.25. The van der Waals surface area contributed by atoms with Gasteiger partial charge in [-0.2, -0.15) is 0 Å². The Hall–Kier alpha value is -3.29. The van der Waals surface area contributed by atoms with Gasteiger partial charge in [0.1, 0.15) is 0 Å². The highest BCUT2D eigenvalue weighted by atomic mass is 16.2. The second-order valence-corrected chi connectivity index (χ2v) is 6.00. The third-order valence-electron chi connectivity index (χ3n) is 4.02. The lowest BCUT2D eigenvalue weighted by molar-refractivity contribution is 0.0956. The number of carbonyl (C=O) groups is 1. The van der Waals surface area contributed by atoms with Crippen LogP contribution in [0.15, 0.2) is 42.7 Å². The lowest BCUT2D eigenvalue weighted by atomic mass is 10.2. The highest BCUT2D eigenvalue weighted by molar-refractivity contribution is 5.94. The maximum Gasteiger partial charge on any atom is 0.292 e. The monoisotopic (exact) mass is 335 g/mol. The number of anilines is 1. The maximum absolute atomic E-state index is 12.5. The van der Waals surface area contributed by atoms with Gasteiger partial charge in [0.25, 0.3) is 5.91 Å². The summed E-state index contributed by atoms with van der Waals surface area (Å²) in [4.78, 5) is 20.5. The van der Waals surface area contributed by atoms with Crippen molar-refractivity contribution in [1.29, 1.82) is 0 Å². The molecule has 8 nitrogen and oxygen atoms in total. The van der Waals surface area contributed by atoms with Gasteiger partial charge in [-0.3, -0.25) is 15.6 Å². The van der Waals surface area contributed by atoms with Crippen molar-refractivity contribution in [2.75, 3.05) is 5.43 Å². The minimum Gasteiger partial charge on any atom is -0.265 e. The Morgan fingerprint density at radius 1 is 1.16 bits per heavy atom. The molecule has 0 atom stereocenters. The van der Waals surface area contributed by atoms with Crippen LogP contribution in [0.5, 0.6) is 0 Å². The van der Waals surface area contributed by atoms with Gasteiger partial charge in [0.15, 0.2) is 5.69 Å². The number of hydrogen-bond acceptors (Lipinski definition) is 6. The van der Waals surface area contributed by atoms with Crippen molar-refractivity contribution in [2.24, 2.45) is 0 Å². The van der Waals surface area contributed by atoms with E-state index in [0.29, 0.717) is 17.6 Å². The fourth-order valence-corrected chi connectivity index (χ4v) is 2.59. The molecule has 2 heterocycles. The maximum atomic E-state index is 12.5. The number of rotatable bonds is 5. The summed E-state index contributed by atoms with van der Waals surface area (Å²) in [5.74, 6) is 0.271. The third-order valence-corrected chi connectivity index (χ3v) is 4.02. The summed E-state index contributed by atoms with van der Waals surface area (Å²) in [5, 5.41) is 8.31. The van der Waals surface area contributed by atoms with Crippen LogP contribution in [0.3, 0.4) is 0 Å². The molecule has 2 N–H and O–H groups in total. The number of hydrazine groups is 1. The Balaban J connectivity index is 1.59. The number of nitrogens with one attached hydrogen (secondary N) is 2. The summed E-state index contributed by atoms with van der Waals surface area (Å²) in [6.45, 7) is 2.03. The van der Waals surface area contributed by atoms with Crippen LogP contribution in [0.2, 0.25) is 0 Å². The highest BCUT2D eigenvalue weighted by Crippen LogP contribution is 2.41. The van der Waals surface area contributed by atoms with E-state index in [2.05, 4.69) is 31.1 Å². The molecule has 4 rings (SSSR count). The zero-order chi connectivity index (χ0) is 17.2. The average molecular weight is 335 g/mol. The van der Waals surface area contributed by atoms with E-state index < -0.39 is 0 Å². The Kier molecular flexibility index (Phi) is 3.85. The number of hydrogen-bond donors (Lipinski definition) is 2. The van der Waals surface area contributed by atoms with E-state index in [0.717, 1.165) is 24.2 Å². The summed E-state index contributed by atoms with van der Waals surface area (Å²) >= 11 is 0. The fourth-order valence-electron chi connectivity index (χ4n) is 2.59. The Morgan fingerprint density at radius 3 is 2.56 bits per heavy atom. The number of aryl methyl sites for hydroxylation is 1. The molecule has 0 radical (unpaired) electrons. The molecule has 126 valence electrons. The summed E-state index contributed by atoms with van der Waals surface area (Å²) < 4.78 is 1.75. The number of carbonyl (C=O) groups excluding carboxylic acids is 1. The smallest absolute Gasteiger partial charge is 0.265 e. The van der Waals surface area contributed by atoms with Crippen molar-refractivity contribution in [3.63, 3.8) is 0 Å². The largest absolute Gasteiger partial charge is 0.292 e. The molecule has 1 aromatic carbocycles. The molecule has 25 heavy (non-hydrogen) atoms. The van der Waals surface area contributed by atoms with Crippen LogP contribution in [0.4, 0.5) is 5.95 Å². The Bertz CT molecular complexity index is 885. The minimum atomic E-state index is -0.354. The second kappa shape index (κ2) is 6.31. The molecular weight excluding hydrogens is 318 g/mol. The Morgan fingerprint density at radius 2 is 1.88 bits per heavy atom. The van der Waals surface area contributed by atoms with Gasteiger partial charge in [-0.05, 0) is 38.0 Å². The van der Waals surface area contributed by atoms with Gasteiger partial charge < -0.3 is 0 Å². The first-order valence-corrected chi connectivity index (χ1v) is 8.08. The zero-order valence-corrected chi connectivity index (χ0v) is 13.7. The predicted octanol–water partition coefficient (Wildman–Crippen LogP) is 2.00. The first kappa shape index (κ1) is 15.3. The van der Waals surface area contributed by atoms with E-state index in [-0.39, 0.29) is 5.91 Å². The zero-order valence-electron chi connectivity index (χ0n) is 13.7. The fraction of sp³-hybridized carbons (Fsp3) is 0.235. The van der Waals surface area contributed by atoms with Crippen molar-refractivity contribution < 1.29 is 4.79 Å². The molecule has 1 amide bonds. The standard InChI is InChI=1S/C17H17N7O/c1-11-3-7-13(8-4-11)24-15(12-5-6-12)14(20-23-24)16(25)21-22-17-18-9-2-10-19-17/h2-4,7-10,12H,5-6H2,1H3,(H,21,25)(H,18,19,22). The van der Waals surface area contributed by atoms with Gasteiger partial charge in [0.05, 0.1) is 11.4 Å². The molecule has 1 fully saturated rings. The predicted molar refractivity (Wildman–Crippen MR) is 91.2 cm³/mol. The van der Waals surface area contributed by atoms with E-state index in [1.165, 1.54) is 5.56 Å². The first-order chi connectivity index (χ1) is 12.2. The first-order valence-electron chi connectivity index (χ1n) is 8.08. The number of aromatic nitrogens is 5. The number of nitrogens with zero attached hydrogens (tertiary/aromatic N) is 5. The van der Waals surface area contributed by atoms with Gasteiger partial charge >= 0.3 is 0 Å². The lowest BCUT2D eigenvalue weighted by Gasteiger charge is -2.08. The SMILES string of the molecule is Cc1ccc(-n2nnc(C(=O)NNc3ncccn3)c2C2CC2)cc1. The van der Waals surface area contributed by atoms with E-state index in [1.807, 2.05) is 31.2 Å². The molecule has 1 aliphatic carbocycles. The molecule has 1 saturated carbocycles. The average Bonchev–Trinajstić information content (AvgIpc) is 3.39. The van der Waals surface area contributed by atoms with Crippen LogP contribution in [0, 0.1) is 6.92 Å². The lowest BCUT2D eigenvalue weighted by Crippen LogP contribution is -2.31. The number of amides is 1. The molecular formula is C17H17N7O. The van der Waals surface area contributed by atoms with Crippen molar-refractivity contribution in [2.45, 2.75) is 25.7 Å². The van der Waals surface area contributed by atoms with Gasteiger partial charge in [-0.1, -0.05) is 22.9 Å². The molecule has 0 aliphatic heterocycles. The summed E-state index contributed by atoms with van der Waals surface area (Å²) in [6, 6.07) is 9.69. The molecule has 0 bridgehead atoms. The van der Waals surface area contributed by atoms with E-state index in [4.69, 9.17) is 0 Å². The van der Waals surface area contributed by atoms with Gasteiger partial charge in [-0.25, -0.2) is 14.6 Å². The second-order valence-electron chi connectivity index (χ2n) is 6.00. The molecule has 1 aliphatic rings. The Labute approximate surface area is 144 Å². The van der Waals surface area contributed by atoms with Crippen molar-refractivity contribution in [3.05, 3.63) is 59.7 Å². The normalized spacial score (nSPS) is 13.5. The molecule has 3 aromatic rings. The van der Waals surface area contributed by atoms with Crippen molar-refractivity contribution >= 4 is 11.9 Å². The van der Waals surface area contributed by atoms with Crippen LogP contribution in [0.1, 0.15) is 40.5 Å². The molecule has 8 heteroatoms. The topological polar surface area (TPSA) is 97.6 Å². The highest BCUT2D eigenvalue weighted by Gasteiger charge is 2.34. The molecule has 2 aromatic heterocycles. The van der Waals surface area contributed by atoms with Crippen molar-refractivity contribution in [3.8, 4) is 5.69 Å². The quantitative estimate of drug-likeness (QED) is 0.692. The van der Waals surface area contributed by atoms with Gasteiger partial charge in [0, 0.05) is 18.3 Å². The van der Waals surface area contributed by atoms with E-state index in [9.17, 15) is 4.79 Å². The van der Waals surface area contributed by atoms with Crippen molar-refractivity contribution in [1.82, 2.24) is 30.4 Å². The van der Waals surface area contributed by atoms with Crippen LogP contribution in [-0.4, -0.2) is 30.9 Å². The van der Waals surface area contributed by atoms with Crippen LogP contribution in [0.25, 0.3) is 5.69 Å². The molecule has 0 spiro atoms.